The van der Waals surface area contributed by atoms with Crippen molar-refractivity contribution < 1.29 is 32.0 Å². The lowest BCUT2D eigenvalue weighted by molar-refractivity contribution is 0.0343. The zero-order valence-electron chi connectivity index (χ0n) is 20.0. The van der Waals surface area contributed by atoms with Crippen molar-refractivity contribution in [3.8, 4) is 11.5 Å². The first-order chi connectivity index (χ1) is 17.4. The van der Waals surface area contributed by atoms with Gasteiger partial charge in [0.05, 0.1) is 23.7 Å². The minimum Gasteiger partial charge on any atom is -0.493 e. The standard InChI is InChI=1S/C23H22Cl2FN3O6S2/c1-5-35-17-7-6-16(11-18(17)34-4)29(3)37(32,33)19-12-20(25)36-21(19)22(30)27-15-9-13(8-14(24)10-15)23(31)28(2)26/h6-12H,5H2,1-4H3,(H,27,30). The minimum atomic E-state index is -4.26. The van der Waals surface area contributed by atoms with E-state index >= 15 is 0 Å². The summed E-state index contributed by atoms with van der Waals surface area (Å²) in [4.78, 5) is 24.5. The highest BCUT2D eigenvalue weighted by Crippen LogP contribution is 2.37. The lowest BCUT2D eigenvalue weighted by Crippen LogP contribution is -2.28. The monoisotopic (exact) mass is 589 g/mol. The Labute approximate surface area is 227 Å². The SMILES string of the molecule is CCOc1ccc(N(C)S(=O)(=O)c2cc(Cl)sc2C(=O)Nc2cc(Cl)cc(C(=O)N(C)F)c2)cc1OC. The predicted octanol–water partition coefficient (Wildman–Crippen LogP) is 5.50. The minimum absolute atomic E-state index is 0.0557. The summed E-state index contributed by atoms with van der Waals surface area (Å²) < 4.78 is 52.2. The summed E-state index contributed by atoms with van der Waals surface area (Å²) in [6.07, 6.45) is 0. The van der Waals surface area contributed by atoms with Crippen LogP contribution >= 0.6 is 34.5 Å². The maximum atomic E-state index is 13.5. The van der Waals surface area contributed by atoms with E-state index in [2.05, 4.69) is 5.32 Å². The molecule has 3 aromatic rings. The van der Waals surface area contributed by atoms with E-state index in [0.29, 0.717) is 18.1 Å². The van der Waals surface area contributed by atoms with E-state index in [-0.39, 0.29) is 41.2 Å². The molecule has 0 aliphatic rings. The highest BCUT2D eigenvalue weighted by Gasteiger charge is 2.30. The van der Waals surface area contributed by atoms with Gasteiger partial charge in [-0.25, -0.2) is 8.42 Å². The molecule has 0 atom stereocenters. The van der Waals surface area contributed by atoms with Gasteiger partial charge in [0, 0.05) is 36.4 Å². The number of sulfonamides is 1. The van der Waals surface area contributed by atoms with Gasteiger partial charge in [-0.3, -0.25) is 13.9 Å². The van der Waals surface area contributed by atoms with E-state index in [1.807, 2.05) is 0 Å². The third-order valence-electron chi connectivity index (χ3n) is 5.01. The van der Waals surface area contributed by atoms with Gasteiger partial charge in [-0.15, -0.1) is 11.3 Å². The first-order valence-electron chi connectivity index (χ1n) is 10.5. The van der Waals surface area contributed by atoms with Crippen LogP contribution in [0.1, 0.15) is 27.0 Å². The molecule has 0 fully saturated rings. The molecule has 14 heteroatoms. The zero-order chi connectivity index (χ0) is 27.5. The largest absolute Gasteiger partial charge is 0.493 e. The van der Waals surface area contributed by atoms with Crippen LogP contribution in [0.2, 0.25) is 9.36 Å². The van der Waals surface area contributed by atoms with E-state index in [0.717, 1.165) is 22.7 Å². The topological polar surface area (TPSA) is 105 Å². The molecule has 1 heterocycles. The molecule has 1 N–H and O–H groups in total. The van der Waals surface area contributed by atoms with Gasteiger partial charge in [0.15, 0.2) is 11.5 Å². The van der Waals surface area contributed by atoms with Crippen LogP contribution in [-0.2, 0) is 10.0 Å². The van der Waals surface area contributed by atoms with Gasteiger partial charge in [-0.05, 0) is 43.3 Å². The van der Waals surface area contributed by atoms with Crippen LogP contribution < -0.4 is 19.1 Å². The molecule has 0 radical (unpaired) electrons. The summed E-state index contributed by atoms with van der Waals surface area (Å²) in [6.45, 7) is 2.20. The predicted molar refractivity (Wildman–Crippen MR) is 142 cm³/mol. The number of nitrogens with zero attached hydrogens (tertiary/aromatic N) is 2. The van der Waals surface area contributed by atoms with Crippen molar-refractivity contribution in [2.24, 2.45) is 0 Å². The average Bonchev–Trinajstić information content (AvgIpc) is 3.25. The molecular weight excluding hydrogens is 568 g/mol. The van der Waals surface area contributed by atoms with Gasteiger partial charge in [0.2, 0.25) is 0 Å². The summed E-state index contributed by atoms with van der Waals surface area (Å²) in [7, 11) is -0.598. The Hall–Kier alpha value is -3.06. The quantitative estimate of drug-likeness (QED) is 0.330. The summed E-state index contributed by atoms with van der Waals surface area (Å²) in [6, 6.07) is 9.54. The van der Waals surface area contributed by atoms with Crippen LogP contribution in [-0.4, -0.2) is 53.2 Å². The molecule has 3 rings (SSSR count). The normalized spacial score (nSPS) is 11.1. The third-order valence-corrected chi connectivity index (χ3v) is 8.43. The van der Waals surface area contributed by atoms with E-state index in [1.54, 1.807) is 13.0 Å². The van der Waals surface area contributed by atoms with Crippen LogP contribution in [0.25, 0.3) is 0 Å². The number of halogens is 3. The molecule has 0 bridgehead atoms. The molecule has 2 amide bonds. The van der Waals surface area contributed by atoms with Gasteiger partial charge < -0.3 is 14.8 Å². The molecule has 9 nitrogen and oxygen atoms in total. The fourth-order valence-electron chi connectivity index (χ4n) is 3.26. The van der Waals surface area contributed by atoms with Gasteiger partial charge in [-0.1, -0.05) is 27.7 Å². The summed E-state index contributed by atoms with van der Waals surface area (Å²) >= 11 is 12.9. The Balaban J connectivity index is 1.96. The lowest BCUT2D eigenvalue weighted by atomic mass is 10.2. The number of ether oxygens (including phenoxy) is 2. The Morgan fingerprint density at radius 1 is 1.08 bits per heavy atom. The Bertz CT molecular complexity index is 1450. The van der Waals surface area contributed by atoms with Crippen molar-refractivity contribution >= 4 is 67.8 Å². The highest BCUT2D eigenvalue weighted by atomic mass is 35.5. The molecule has 0 saturated heterocycles. The van der Waals surface area contributed by atoms with E-state index in [1.165, 1.54) is 50.6 Å². The first-order valence-corrected chi connectivity index (χ1v) is 13.5. The molecule has 2 aromatic carbocycles. The smallest absolute Gasteiger partial charge is 0.281 e. The lowest BCUT2D eigenvalue weighted by Gasteiger charge is -2.21. The Kier molecular flexibility index (Phi) is 8.90. The molecular formula is C23H22Cl2FN3O6S2. The molecule has 0 aliphatic heterocycles. The molecule has 0 saturated carbocycles. The van der Waals surface area contributed by atoms with Crippen molar-refractivity contribution in [3.05, 3.63) is 62.3 Å². The number of rotatable bonds is 9. The van der Waals surface area contributed by atoms with Crippen LogP contribution in [0.15, 0.2) is 47.4 Å². The van der Waals surface area contributed by atoms with Gasteiger partial charge in [0.1, 0.15) is 9.77 Å². The van der Waals surface area contributed by atoms with Crippen molar-refractivity contribution in [2.75, 3.05) is 37.4 Å². The Morgan fingerprint density at radius 3 is 2.41 bits per heavy atom. The van der Waals surface area contributed by atoms with E-state index < -0.39 is 21.8 Å². The number of methoxy groups -OCH3 is 1. The van der Waals surface area contributed by atoms with E-state index in [4.69, 9.17) is 32.7 Å². The third kappa shape index (κ3) is 6.27. The summed E-state index contributed by atoms with van der Waals surface area (Å²) in [5, 5.41) is 2.42. The second kappa shape index (κ2) is 11.5. The zero-order valence-corrected chi connectivity index (χ0v) is 23.2. The van der Waals surface area contributed by atoms with Crippen LogP contribution in [0, 0.1) is 0 Å². The van der Waals surface area contributed by atoms with Gasteiger partial charge in [0.25, 0.3) is 21.8 Å². The second-order valence-corrected chi connectivity index (χ2v) is 11.5. The molecule has 0 aliphatic carbocycles. The number of hydrogen-bond donors (Lipinski definition) is 1. The maximum Gasteiger partial charge on any atom is 0.281 e. The van der Waals surface area contributed by atoms with E-state index in [9.17, 15) is 22.5 Å². The maximum absolute atomic E-state index is 13.5. The van der Waals surface area contributed by atoms with Crippen LogP contribution in [0.5, 0.6) is 11.5 Å². The summed E-state index contributed by atoms with van der Waals surface area (Å²) in [5.74, 6) is -1.03. The van der Waals surface area contributed by atoms with Crippen LogP contribution in [0.4, 0.5) is 15.9 Å². The highest BCUT2D eigenvalue weighted by molar-refractivity contribution is 7.93. The van der Waals surface area contributed by atoms with Crippen molar-refractivity contribution in [2.45, 2.75) is 11.8 Å². The summed E-state index contributed by atoms with van der Waals surface area (Å²) in [5.41, 5.74) is 0.191. The number of thiophene rings is 1. The molecule has 0 spiro atoms. The van der Waals surface area contributed by atoms with Gasteiger partial charge >= 0.3 is 0 Å². The molecule has 198 valence electrons. The Morgan fingerprint density at radius 2 is 1.78 bits per heavy atom. The first kappa shape index (κ1) is 28.5. The molecule has 37 heavy (non-hydrogen) atoms. The second-order valence-electron chi connectivity index (χ2n) is 7.45. The number of carbonyl (C=O) groups excluding carboxylic acids is 2. The number of amides is 2. The fraction of sp³-hybridized carbons (Fsp3) is 0.217. The molecule has 0 unspecified atom stereocenters. The van der Waals surface area contributed by atoms with Crippen molar-refractivity contribution in [1.29, 1.82) is 0 Å². The van der Waals surface area contributed by atoms with Gasteiger partial charge in [-0.2, -0.15) is 5.12 Å². The fourth-order valence-corrected chi connectivity index (χ4v) is 6.37. The van der Waals surface area contributed by atoms with Crippen molar-refractivity contribution in [3.63, 3.8) is 0 Å². The van der Waals surface area contributed by atoms with Crippen LogP contribution in [0.3, 0.4) is 0 Å². The molecule has 1 aromatic heterocycles. The number of benzene rings is 2. The van der Waals surface area contributed by atoms with Crippen molar-refractivity contribution in [1.82, 2.24) is 5.12 Å². The number of nitrogens with one attached hydrogen (secondary N) is 1. The number of carbonyl (C=O) groups is 2. The number of hydrogen-bond acceptors (Lipinski definition) is 7. The number of anilines is 2. The average molecular weight is 590 g/mol.